The third-order valence-electron chi connectivity index (χ3n) is 5.48. The third-order valence-corrected chi connectivity index (χ3v) is 10.5. The van der Waals surface area contributed by atoms with Crippen molar-refractivity contribution >= 4 is 43.3 Å². The zero-order chi connectivity index (χ0) is 24.0. The van der Waals surface area contributed by atoms with Gasteiger partial charge in [-0.1, -0.05) is 57.8 Å². The number of nitrogens with one attached hydrogen (secondary N) is 1. The summed E-state index contributed by atoms with van der Waals surface area (Å²) in [6, 6.07) is 1.22. The number of carbonyl (C=O) groups excluding carboxylic acids is 2. The highest BCUT2D eigenvalue weighted by Gasteiger charge is 2.37. The largest absolute Gasteiger partial charge is 0.462 e. The topological polar surface area (TPSA) is 77.5 Å². The van der Waals surface area contributed by atoms with Crippen molar-refractivity contribution in [1.29, 1.82) is 0 Å². The predicted molar refractivity (Wildman–Crippen MR) is 128 cm³/mol. The second-order valence-electron chi connectivity index (χ2n) is 9.18. The van der Waals surface area contributed by atoms with Crippen molar-refractivity contribution in [1.82, 2.24) is 10.3 Å². The van der Waals surface area contributed by atoms with E-state index in [1.54, 1.807) is 6.92 Å². The Bertz CT molecular complexity index is 820. The van der Waals surface area contributed by atoms with Gasteiger partial charge in [-0.05, 0) is 37.0 Å². The molecule has 1 aromatic heterocycles. The summed E-state index contributed by atoms with van der Waals surface area (Å²) in [6.07, 6.45) is 2.67. The lowest BCUT2D eigenvalue weighted by Crippen LogP contribution is -2.46. The van der Waals surface area contributed by atoms with E-state index in [0.29, 0.717) is 6.61 Å². The van der Waals surface area contributed by atoms with Gasteiger partial charge in [0.05, 0.1) is 18.2 Å². The van der Waals surface area contributed by atoms with Crippen LogP contribution >= 0.6 is 23.2 Å². The van der Waals surface area contributed by atoms with Gasteiger partial charge >= 0.3 is 5.97 Å². The van der Waals surface area contributed by atoms with Crippen molar-refractivity contribution in [2.45, 2.75) is 65.7 Å². The van der Waals surface area contributed by atoms with Gasteiger partial charge < -0.3 is 14.5 Å². The monoisotopic (exact) mass is 488 g/mol. The highest BCUT2D eigenvalue weighted by Crippen LogP contribution is 2.36. The molecule has 1 aromatic rings. The normalized spacial score (nSPS) is 13.8. The summed E-state index contributed by atoms with van der Waals surface area (Å²) in [7, 11) is -1.95. The van der Waals surface area contributed by atoms with Crippen LogP contribution in [0.25, 0.3) is 0 Å². The van der Waals surface area contributed by atoms with Crippen LogP contribution in [0.4, 0.5) is 0 Å². The molecular weight excluding hydrogens is 455 g/mol. The third kappa shape index (κ3) is 7.90. The van der Waals surface area contributed by atoms with Gasteiger partial charge in [0.25, 0.3) is 0 Å². The van der Waals surface area contributed by atoms with Crippen LogP contribution in [0, 0.1) is 5.92 Å². The van der Waals surface area contributed by atoms with E-state index in [1.165, 1.54) is 18.5 Å². The fraction of sp³-hybridized carbons (Fsp3) is 0.591. The Labute approximate surface area is 196 Å². The van der Waals surface area contributed by atoms with Gasteiger partial charge in [-0.25, -0.2) is 9.78 Å². The lowest BCUT2D eigenvalue weighted by Gasteiger charge is -2.38. The molecule has 9 heteroatoms. The summed E-state index contributed by atoms with van der Waals surface area (Å²) in [5, 5.41) is 3.47. The molecule has 31 heavy (non-hydrogen) atoms. The van der Waals surface area contributed by atoms with Crippen molar-refractivity contribution in [3.63, 3.8) is 0 Å². The lowest BCUT2D eigenvalue weighted by molar-refractivity contribution is -0.138. The molecular formula is C22H34Cl2N2O4Si. The van der Waals surface area contributed by atoms with Crippen molar-refractivity contribution in [3.8, 4) is 0 Å². The average molecular weight is 490 g/mol. The van der Waals surface area contributed by atoms with Gasteiger partial charge in [-0.15, -0.1) is 0 Å². The van der Waals surface area contributed by atoms with E-state index < -0.39 is 20.1 Å². The number of pyridine rings is 1. The molecule has 174 valence electrons. The van der Waals surface area contributed by atoms with E-state index in [-0.39, 0.29) is 44.9 Å². The maximum absolute atomic E-state index is 13.1. The molecule has 0 amide bonds. The van der Waals surface area contributed by atoms with Crippen LogP contribution in [0.15, 0.2) is 24.0 Å². The van der Waals surface area contributed by atoms with E-state index >= 15 is 0 Å². The number of rotatable bonds is 10. The zero-order valence-corrected chi connectivity index (χ0v) is 22.1. The predicted octanol–water partition coefficient (Wildman–Crippen LogP) is 5.65. The maximum Gasteiger partial charge on any atom is 0.343 e. The van der Waals surface area contributed by atoms with Crippen LogP contribution in [-0.4, -0.2) is 44.3 Å². The first-order valence-electron chi connectivity index (χ1n) is 10.3. The minimum atomic E-state index is -1.95. The number of halogens is 2. The van der Waals surface area contributed by atoms with Crippen molar-refractivity contribution in [3.05, 3.63) is 39.8 Å². The Balaban J connectivity index is 3.17. The highest BCUT2D eigenvalue weighted by atomic mass is 35.5. The Morgan fingerprint density at radius 1 is 1.26 bits per heavy atom. The molecule has 6 nitrogen and oxygen atoms in total. The van der Waals surface area contributed by atoms with Crippen LogP contribution in [0.3, 0.4) is 0 Å². The summed E-state index contributed by atoms with van der Waals surface area (Å²) in [5.74, 6) is -1.14. The molecule has 0 saturated carbocycles. The quantitative estimate of drug-likeness (QED) is 0.0870. The molecule has 1 atom stereocenters. The van der Waals surface area contributed by atoms with E-state index in [1.807, 2.05) is 13.8 Å². The Morgan fingerprint density at radius 3 is 2.39 bits per heavy atom. The molecule has 0 radical (unpaired) electrons. The van der Waals surface area contributed by atoms with Crippen LogP contribution in [0.1, 0.15) is 51.9 Å². The van der Waals surface area contributed by atoms with E-state index in [9.17, 15) is 9.59 Å². The second kappa shape index (κ2) is 11.5. The second-order valence-corrected chi connectivity index (χ2v) is 14.8. The molecule has 0 fully saturated rings. The van der Waals surface area contributed by atoms with E-state index in [2.05, 4.69) is 44.2 Å². The molecule has 0 unspecified atom stereocenters. The first-order chi connectivity index (χ1) is 14.2. The standard InChI is InChI=1S/C22H34Cl2N2O4Si/c1-9-29-21(28)16(20(27)15-10-19(24)26-12-17(15)23)11-25-18(14(2)3)13-30-31(7,8)22(4,5)6/h10-12,14,18,25H,9,13H2,1-8H3/b16-11-/t18-/m1/s1. The molecule has 0 bridgehead atoms. The first-order valence-corrected chi connectivity index (χ1v) is 14.0. The minimum absolute atomic E-state index is 0.0772. The number of carbonyl (C=O) groups is 2. The number of hydrogen-bond acceptors (Lipinski definition) is 6. The molecule has 1 N–H and O–H groups in total. The summed E-state index contributed by atoms with van der Waals surface area (Å²) in [4.78, 5) is 29.4. The number of ketones is 1. The Kier molecular flexibility index (Phi) is 10.2. The van der Waals surface area contributed by atoms with Crippen molar-refractivity contribution in [2.24, 2.45) is 5.92 Å². The van der Waals surface area contributed by atoms with Crippen LogP contribution in [-0.2, 0) is 14.0 Å². The van der Waals surface area contributed by atoms with Gasteiger partial charge in [-0.3, -0.25) is 4.79 Å². The lowest BCUT2D eigenvalue weighted by atomic mass is 10.0. The molecule has 1 rings (SSSR count). The molecule has 0 aliphatic heterocycles. The average Bonchev–Trinajstić information content (AvgIpc) is 2.64. The Morgan fingerprint density at radius 2 is 1.87 bits per heavy atom. The number of esters is 1. The number of aromatic nitrogens is 1. The molecule has 0 aliphatic carbocycles. The number of ether oxygens (including phenoxy) is 1. The SMILES string of the molecule is CCOC(=O)/C(=C\N[C@H](CO[Si](C)(C)C(C)(C)C)C(C)C)C(=O)c1cc(Cl)ncc1Cl. The Hall–Kier alpha value is -1.41. The molecule has 0 aromatic carbocycles. The van der Waals surface area contributed by atoms with Gasteiger partial charge in [-0.2, -0.15) is 0 Å². The van der Waals surface area contributed by atoms with Gasteiger partial charge in [0.1, 0.15) is 10.7 Å². The fourth-order valence-corrected chi connectivity index (χ4v) is 3.67. The fourth-order valence-electron chi connectivity index (χ4n) is 2.30. The number of hydrogen-bond donors (Lipinski definition) is 1. The summed E-state index contributed by atoms with van der Waals surface area (Å²) in [5.41, 5.74) is -0.0783. The van der Waals surface area contributed by atoms with E-state index in [4.69, 9.17) is 32.4 Å². The van der Waals surface area contributed by atoms with Crippen molar-refractivity contribution in [2.75, 3.05) is 13.2 Å². The highest BCUT2D eigenvalue weighted by molar-refractivity contribution is 6.74. The molecule has 0 spiro atoms. The zero-order valence-electron chi connectivity index (χ0n) is 19.6. The van der Waals surface area contributed by atoms with Crippen LogP contribution in [0.5, 0.6) is 0 Å². The minimum Gasteiger partial charge on any atom is -0.462 e. The van der Waals surface area contributed by atoms with Gasteiger partial charge in [0, 0.05) is 24.0 Å². The summed E-state index contributed by atoms with van der Waals surface area (Å²) >= 11 is 12.0. The van der Waals surface area contributed by atoms with Crippen LogP contribution < -0.4 is 5.32 Å². The first kappa shape index (κ1) is 27.6. The maximum atomic E-state index is 13.1. The van der Waals surface area contributed by atoms with Gasteiger partial charge in [0.15, 0.2) is 8.32 Å². The number of Topliss-reactive ketones (excluding diaryl/α,β-unsaturated/α-hetero) is 1. The molecule has 1 heterocycles. The summed E-state index contributed by atoms with van der Waals surface area (Å²) in [6.45, 7) is 17.3. The number of nitrogens with zero attached hydrogens (tertiary/aromatic N) is 1. The molecule has 0 saturated heterocycles. The van der Waals surface area contributed by atoms with Crippen LogP contribution in [0.2, 0.25) is 28.3 Å². The van der Waals surface area contributed by atoms with E-state index in [0.717, 1.165) is 0 Å². The smallest absolute Gasteiger partial charge is 0.343 e. The van der Waals surface area contributed by atoms with Gasteiger partial charge in [0.2, 0.25) is 5.78 Å². The van der Waals surface area contributed by atoms with Crippen molar-refractivity contribution < 1.29 is 18.8 Å². The molecule has 0 aliphatic rings. The summed E-state index contributed by atoms with van der Waals surface area (Å²) < 4.78 is 11.4.